The molecule has 0 saturated heterocycles. The smallest absolute Gasteiger partial charge is 0.325 e. The highest BCUT2D eigenvalue weighted by Gasteiger charge is 2.26. The Morgan fingerprint density at radius 2 is 2.11 bits per heavy atom. The number of nitrogens with one attached hydrogen (secondary N) is 1. The predicted octanol–water partition coefficient (Wildman–Crippen LogP) is 3.31. The highest BCUT2D eigenvalue weighted by molar-refractivity contribution is 6.30. The van der Waals surface area contributed by atoms with Crippen LogP contribution in [0.2, 0.25) is 5.02 Å². The zero-order valence-corrected chi connectivity index (χ0v) is 11.2. The monoisotopic (exact) mass is 267 g/mol. The van der Waals surface area contributed by atoms with Gasteiger partial charge in [-0.25, -0.2) is 0 Å². The van der Waals surface area contributed by atoms with Gasteiger partial charge in [0.05, 0.1) is 0 Å². The first-order valence-corrected chi connectivity index (χ1v) is 6.70. The van der Waals surface area contributed by atoms with Gasteiger partial charge in [-0.2, -0.15) is 0 Å². The molecule has 0 amide bonds. The fourth-order valence-corrected chi connectivity index (χ4v) is 2.81. The van der Waals surface area contributed by atoms with E-state index in [1.54, 1.807) is 12.1 Å². The van der Waals surface area contributed by atoms with Gasteiger partial charge in [-0.15, -0.1) is 0 Å². The minimum atomic E-state index is -0.827. The van der Waals surface area contributed by atoms with Crippen LogP contribution in [-0.4, -0.2) is 17.1 Å². The molecule has 0 radical (unpaired) electrons. The van der Waals surface area contributed by atoms with Crippen molar-refractivity contribution in [3.63, 3.8) is 0 Å². The molecule has 2 rings (SSSR count). The maximum absolute atomic E-state index is 11.4. The van der Waals surface area contributed by atoms with Crippen molar-refractivity contribution in [2.24, 2.45) is 0 Å². The lowest BCUT2D eigenvalue weighted by Crippen LogP contribution is -2.35. The fourth-order valence-electron chi connectivity index (χ4n) is 2.59. The van der Waals surface area contributed by atoms with Gasteiger partial charge in [0.2, 0.25) is 0 Å². The Balaban J connectivity index is 2.20. The van der Waals surface area contributed by atoms with E-state index in [-0.39, 0.29) is 0 Å². The Labute approximate surface area is 112 Å². The van der Waals surface area contributed by atoms with Crippen LogP contribution < -0.4 is 5.32 Å². The number of rotatable bonds is 4. The van der Waals surface area contributed by atoms with E-state index in [4.69, 9.17) is 11.6 Å². The number of aliphatic carboxylic acids is 1. The molecule has 1 saturated carbocycles. The molecule has 1 unspecified atom stereocenters. The first-order chi connectivity index (χ1) is 8.58. The molecule has 1 atom stereocenters. The number of benzene rings is 1. The third kappa shape index (κ3) is 3.03. The third-order valence-corrected chi connectivity index (χ3v) is 3.78. The van der Waals surface area contributed by atoms with Gasteiger partial charge in [-0.3, -0.25) is 10.1 Å². The maximum Gasteiger partial charge on any atom is 0.325 e. The second-order valence-corrected chi connectivity index (χ2v) is 5.36. The molecule has 3 nitrogen and oxygen atoms in total. The second kappa shape index (κ2) is 5.72. The average molecular weight is 268 g/mol. The van der Waals surface area contributed by atoms with Crippen molar-refractivity contribution in [3.05, 3.63) is 34.3 Å². The van der Waals surface area contributed by atoms with E-state index in [9.17, 15) is 9.90 Å². The molecule has 18 heavy (non-hydrogen) atoms. The Morgan fingerprint density at radius 3 is 2.67 bits per heavy atom. The van der Waals surface area contributed by atoms with Crippen LogP contribution in [0.5, 0.6) is 0 Å². The molecule has 1 aromatic carbocycles. The van der Waals surface area contributed by atoms with Crippen LogP contribution in [-0.2, 0) is 4.79 Å². The molecular weight excluding hydrogens is 250 g/mol. The van der Waals surface area contributed by atoms with Crippen LogP contribution >= 0.6 is 11.6 Å². The SMILES string of the molecule is Cc1cc(Cl)ccc1C(NC1CCCC1)C(=O)O. The molecule has 2 N–H and O–H groups in total. The van der Waals surface area contributed by atoms with Gasteiger partial charge in [-0.1, -0.05) is 30.5 Å². The summed E-state index contributed by atoms with van der Waals surface area (Å²) in [6.07, 6.45) is 4.50. The summed E-state index contributed by atoms with van der Waals surface area (Å²) in [6, 6.07) is 5.05. The Morgan fingerprint density at radius 1 is 1.44 bits per heavy atom. The number of aryl methyl sites for hydroxylation is 1. The molecule has 0 aliphatic heterocycles. The third-order valence-electron chi connectivity index (χ3n) is 3.55. The largest absolute Gasteiger partial charge is 0.480 e. The maximum atomic E-state index is 11.4. The van der Waals surface area contributed by atoms with E-state index in [0.29, 0.717) is 11.1 Å². The Hall–Kier alpha value is -1.06. The van der Waals surface area contributed by atoms with Crippen molar-refractivity contribution < 1.29 is 9.90 Å². The highest BCUT2D eigenvalue weighted by atomic mass is 35.5. The van der Waals surface area contributed by atoms with Gasteiger partial charge in [-0.05, 0) is 43.0 Å². The quantitative estimate of drug-likeness (QED) is 0.880. The second-order valence-electron chi connectivity index (χ2n) is 4.92. The van der Waals surface area contributed by atoms with Crippen molar-refractivity contribution in [1.29, 1.82) is 0 Å². The van der Waals surface area contributed by atoms with Crippen LogP contribution in [0.4, 0.5) is 0 Å². The number of carboxylic acids is 1. The number of hydrogen-bond donors (Lipinski definition) is 2. The zero-order valence-electron chi connectivity index (χ0n) is 10.4. The number of carbonyl (C=O) groups is 1. The van der Waals surface area contributed by atoms with E-state index in [1.807, 2.05) is 13.0 Å². The number of halogens is 1. The van der Waals surface area contributed by atoms with Crippen molar-refractivity contribution in [2.45, 2.75) is 44.7 Å². The van der Waals surface area contributed by atoms with Gasteiger partial charge in [0.15, 0.2) is 0 Å². The van der Waals surface area contributed by atoms with Crippen LogP contribution in [0.15, 0.2) is 18.2 Å². The molecule has 1 aliphatic rings. The zero-order chi connectivity index (χ0) is 13.1. The molecule has 98 valence electrons. The molecule has 0 bridgehead atoms. The van der Waals surface area contributed by atoms with E-state index in [0.717, 1.165) is 24.0 Å². The van der Waals surface area contributed by atoms with E-state index in [2.05, 4.69) is 5.32 Å². The lowest BCUT2D eigenvalue weighted by Gasteiger charge is -2.21. The van der Waals surface area contributed by atoms with Crippen molar-refractivity contribution in [3.8, 4) is 0 Å². The summed E-state index contributed by atoms with van der Waals surface area (Å²) in [5.41, 5.74) is 1.72. The Kier molecular flexibility index (Phi) is 4.25. The van der Waals surface area contributed by atoms with Crippen LogP contribution in [0.3, 0.4) is 0 Å². The van der Waals surface area contributed by atoms with Gasteiger partial charge < -0.3 is 5.11 Å². The summed E-state index contributed by atoms with van der Waals surface area (Å²) in [5.74, 6) is -0.827. The summed E-state index contributed by atoms with van der Waals surface area (Å²) in [6.45, 7) is 1.90. The first kappa shape index (κ1) is 13.4. The first-order valence-electron chi connectivity index (χ1n) is 6.33. The fraction of sp³-hybridized carbons (Fsp3) is 0.500. The molecular formula is C14H18ClNO2. The summed E-state index contributed by atoms with van der Waals surface area (Å²) in [4.78, 5) is 11.4. The van der Waals surface area contributed by atoms with Crippen molar-refractivity contribution in [2.75, 3.05) is 0 Å². The number of hydrogen-bond acceptors (Lipinski definition) is 2. The van der Waals surface area contributed by atoms with E-state index >= 15 is 0 Å². The van der Waals surface area contributed by atoms with Gasteiger partial charge in [0.25, 0.3) is 0 Å². The summed E-state index contributed by atoms with van der Waals surface area (Å²) in [7, 11) is 0. The van der Waals surface area contributed by atoms with Crippen molar-refractivity contribution in [1.82, 2.24) is 5.32 Å². The minimum Gasteiger partial charge on any atom is -0.480 e. The molecule has 1 aliphatic carbocycles. The molecule has 0 aromatic heterocycles. The minimum absolute atomic E-state index is 0.321. The summed E-state index contributed by atoms with van der Waals surface area (Å²) < 4.78 is 0. The molecule has 4 heteroatoms. The van der Waals surface area contributed by atoms with E-state index < -0.39 is 12.0 Å². The van der Waals surface area contributed by atoms with E-state index in [1.165, 1.54) is 12.8 Å². The lowest BCUT2D eigenvalue weighted by molar-refractivity contribution is -0.139. The average Bonchev–Trinajstić information content (AvgIpc) is 2.79. The van der Waals surface area contributed by atoms with Crippen LogP contribution in [0, 0.1) is 6.92 Å². The van der Waals surface area contributed by atoms with Crippen LogP contribution in [0.1, 0.15) is 42.9 Å². The standard InChI is InChI=1S/C14H18ClNO2/c1-9-8-10(15)6-7-12(9)13(14(17)18)16-11-4-2-3-5-11/h6-8,11,13,16H,2-5H2,1H3,(H,17,18). The van der Waals surface area contributed by atoms with Gasteiger partial charge in [0, 0.05) is 11.1 Å². The molecule has 1 fully saturated rings. The lowest BCUT2D eigenvalue weighted by atomic mass is 10.0. The molecule has 0 spiro atoms. The predicted molar refractivity (Wildman–Crippen MR) is 72.0 cm³/mol. The van der Waals surface area contributed by atoms with Crippen LogP contribution in [0.25, 0.3) is 0 Å². The number of carboxylic acid groups (broad SMARTS) is 1. The summed E-state index contributed by atoms with van der Waals surface area (Å²) >= 11 is 5.90. The van der Waals surface area contributed by atoms with Gasteiger partial charge >= 0.3 is 5.97 Å². The normalized spacial score (nSPS) is 17.9. The Bertz CT molecular complexity index is 441. The summed E-state index contributed by atoms with van der Waals surface area (Å²) in [5, 5.41) is 13.3. The van der Waals surface area contributed by atoms with Crippen molar-refractivity contribution >= 4 is 17.6 Å². The highest BCUT2D eigenvalue weighted by Crippen LogP contribution is 2.25. The topological polar surface area (TPSA) is 49.3 Å². The molecule has 0 heterocycles. The molecule has 1 aromatic rings. The van der Waals surface area contributed by atoms with Gasteiger partial charge in [0.1, 0.15) is 6.04 Å².